The summed E-state index contributed by atoms with van der Waals surface area (Å²) in [7, 11) is 0. The molecule has 0 unspecified atom stereocenters. The summed E-state index contributed by atoms with van der Waals surface area (Å²) in [5.41, 5.74) is 8.16. The number of hydrogen-bond donors (Lipinski definition) is 0. The van der Waals surface area contributed by atoms with Crippen molar-refractivity contribution in [3.63, 3.8) is 0 Å². The molecule has 0 N–H and O–H groups in total. The lowest BCUT2D eigenvalue weighted by molar-refractivity contribution is 0.567. The summed E-state index contributed by atoms with van der Waals surface area (Å²) < 4.78 is 12.7. The molecule has 0 spiro atoms. The summed E-state index contributed by atoms with van der Waals surface area (Å²) in [6.45, 7) is 13.5. The Hall–Kier alpha value is -3.85. The molecule has 0 fully saturated rings. The van der Waals surface area contributed by atoms with Crippen molar-refractivity contribution in [1.82, 2.24) is 4.98 Å². The van der Waals surface area contributed by atoms with Crippen LogP contribution in [0.1, 0.15) is 52.7 Å². The van der Waals surface area contributed by atoms with Crippen LogP contribution in [-0.4, -0.2) is 4.98 Å². The predicted molar refractivity (Wildman–Crippen MR) is 150 cm³/mol. The summed E-state index contributed by atoms with van der Waals surface area (Å²) in [4.78, 5) is 4.80. The number of aromatic nitrogens is 1. The molecule has 6 rings (SSSR count). The Kier molecular flexibility index (Phi) is 4.91. The van der Waals surface area contributed by atoms with E-state index in [1.54, 1.807) is 0 Å². The largest absolute Gasteiger partial charge is 0.456 e. The van der Waals surface area contributed by atoms with Gasteiger partial charge in [-0.3, -0.25) is 4.98 Å². The highest BCUT2D eigenvalue weighted by atomic mass is 16.3. The zero-order valence-corrected chi connectivity index (χ0v) is 21.8. The zero-order valence-electron chi connectivity index (χ0n) is 21.8. The Morgan fingerprint density at radius 1 is 0.639 bits per heavy atom. The van der Waals surface area contributed by atoms with Gasteiger partial charge in [0.05, 0.1) is 5.69 Å². The molecule has 36 heavy (non-hydrogen) atoms. The number of rotatable bonds is 2. The van der Waals surface area contributed by atoms with Crippen LogP contribution < -0.4 is 0 Å². The van der Waals surface area contributed by atoms with E-state index in [-0.39, 0.29) is 10.8 Å². The fourth-order valence-electron chi connectivity index (χ4n) is 4.81. The average Bonchev–Trinajstić information content (AvgIpc) is 3.43. The number of para-hydroxylation sites is 2. The summed E-state index contributed by atoms with van der Waals surface area (Å²) in [6, 6.07) is 25.3. The summed E-state index contributed by atoms with van der Waals surface area (Å²) in [5, 5.41) is 3.20. The summed E-state index contributed by atoms with van der Waals surface area (Å²) in [5.74, 6) is 0.863. The number of fused-ring (bicyclic) bond motifs is 4. The minimum atomic E-state index is 0.0437. The molecule has 0 atom stereocenters. The third-order valence-electron chi connectivity index (χ3n) is 7.03. The number of furan rings is 2. The first-order valence-corrected chi connectivity index (χ1v) is 12.5. The second kappa shape index (κ2) is 7.83. The van der Waals surface area contributed by atoms with E-state index in [4.69, 9.17) is 13.8 Å². The van der Waals surface area contributed by atoms with Crippen LogP contribution >= 0.6 is 0 Å². The SMILES string of the molecule is CC(C)(C)c1cc(-c2cc3cnc(-c4cccc5c4oc4ccccc45)cc3o2)cc(C(C)(C)C)c1. The highest BCUT2D eigenvalue weighted by molar-refractivity contribution is 6.09. The molecular weight excluding hydrogens is 442 g/mol. The number of hydrogen-bond acceptors (Lipinski definition) is 3. The van der Waals surface area contributed by atoms with Crippen molar-refractivity contribution in [3.8, 4) is 22.6 Å². The van der Waals surface area contributed by atoms with Crippen LogP contribution in [0.2, 0.25) is 0 Å². The number of pyridine rings is 1. The summed E-state index contributed by atoms with van der Waals surface area (Å²) >= 11 is 0. The molecule has 3 aromatic heterocycles. The Morgan fingerprint density at radius 3 is 2.06 bits per heavy atom. The maximum absolute atomic E-state index is 6.45. The van der Waals surface area contributed by atoms with Gasteiger partial charge in [0.2, 0.25) is 0 Å². The van der Waals surface area contributed by atoms with E-state index >= 15 is 0 Å². The Balaban J connectivity index is 1.49. The van der Waals surface area contributed by atoms with Gasteiger partial charge in [0.25, 0.3) is 0 Å². The molecule has 6 aromatic rings. The first-order valence-electron chi connectivity index (χ1n) is 12.5. The van der Waals surface area contributed by atoms with Crippen LogP contribution in [0, 0.1) is 0 Å². The third-order valence-corrected chi connectivity index (χ3v) is 7.03. The monoisotopic (exact) mass is 473 g/mol. The van der Waals surface area contributed by atoms with Crippen LogP contribution in [0.15, 0.2) is 87.8 Å². The van der Waals surface area contributed by atoms with Crippen molar-refractivity contribution in [3.05, 3.63) is 90.1 Å². The molecule has 0 aliphatic heterocycles. The van der Waals surface area contributed by atoms with E-state index < -0.39 is 0 Å². The molecule has 0 radical (unpaired) electrons. The second-order valence-corrected chi connectivity index (χ2v) is 11.8. The molecule has 0 aliphatic rings. The highest BCUT2D eigenvalue weighted by Crippen LogP contribution is 2.38. The van der Waals surface area contributed by atoms with Crippen molar-refractivity contribution >= 4 is 32.9 Å². The second-order valence-electron chi connectivity index (χ2n) is 11.8. The normalized spacial score (nSPS) is 12.7. The molecule has 3 aromatic carbocycles. The van der Waals surface area contributed by atoms with Crippen molar-refractivity contribution in [2.75, 3.05) is 0 Å². The highest BCUT2D eigenvalue weighted by Gasteiger charge is 2.22. The topological polar surface area (TPSA) is 39.2 Å². The Labute approximate surface area is 211 Å². The molecule has 3 heterocycles. The minimum Gasteiger partial charge on any atom is -0.456 e. The van der Waals surface area contributed by atoms with Crippen molar-refractivity contribution in [1.29, 1.82) is 0 Å². The molecule has 0 amide bonds. The number of nitrogens with zero attached hydrogens (tertiary/aromatic N) is 1. The van der Waals surface area contributed by atoms with Gasteiger partial charge < -0.3 is 8.83 Å². The summed E-state index contributed by atoms with van der Waals surface area (Å²) in [6.07, 6.45) is 1.90. The molecule has 0 bridgehead atoms. The van der Waals surface area contributed by atoms with Gasteiger partial charge in [-0.2, -0.15) is 0 Å². The molecular formula is C33H31NO2. The third kappa shape index (κ3) is 3.80. The van der Waals surface area contributed by atoms with E-state index in [0.29, 0.717) is 0 Å². The zero-order chi connectivity index (χ0) is 25.2. The fraction of sp³-hybridized carbons (Fsp3) is 0.242. The van der Waals surface area contributed by atoms with E-state index in [9.17, 15) is 0 Å². The molecule has 3 nitrogen and oxygen atoms in total. The van der Waals surface area contributed by atoms with Gasteiger partial charge in [-0.1, -0.05) is 77.9 Å². The lowest BCUT2D eigenvalue weighted by Gasteiger charge is -2.26. The predicted octanol–water partition coefficient (Wildman–Crippen LogP) is 9.66. The Bertz CT molecular complexity index is 1720. The molecule has 0 aliphatic carbocycles. The average molecular weight is 474 g/mol. The smallest absolute Gasteiger partial charge is 0.144 e. The van der Waals surface area contributed by atoms with E-state index in [1.807, 2.05) is 30.5 Å². The lowest BCUT2D eigenvalue weighted by atomic mass is 9.79. The first-order chi connectivity index (χ1) is 17.1. The van der Waals surface area contributed by atoms with Crippen LogP contribution in [0.25, 0.3) is 55.5 Å². The fourth-order valence-corrected chi connectivity index (χ4v) is 4.81. The quantitative estimate of drug-likeness (QED) is 0.251. The lowest BCUT2D eigenvalue weighted by Crippen LogP contribution is -2.16. The van der Waals surface area contributed by atoms with Gasteiger partial charge >= 0.3 is 0 Å². The Morgan fingerprint density at radius 2 is 1.33 bits per heavy atom. The van der Waals surface area contributed by atoms with Crippen LogP contribution in [-0.2, 0) is 10.8 Å². The van der Waals surface area contributed by atoms with Crippen molar-refractivity contribution in [2.45, 2.75) is 52.4 Å². The molecule has 0 saturated carbocycles. The van der Waals surface area contributed by atoms with Crippen LogP contribution in [0.5, 0.6) is 0 Å². The minimum absolute atomic E-state index is 0.0437. The van der Waals surface area contributed by atoms with E-state index in [1.165, 1.54) is 11.1 Å². The maximum atomic E-state index is 6.45. The number of benzene rings is 3. The van der Waals surface area contributed by atoms with Crippen molar-refractivity contribution in [2.24, 2.45) is 0 Å². The van der Waals surface area contributed by atoms with Gasteiger partial charge in [-0.05, 0) is 52.3 Å². The molecule has 180 valence electrons. The van der Waals surface area contributed by atoms with Gasteiger partial charge in [0, 0.05) is 39.5 Å². The standard InChI is InChI=1S/C33H31NO2/c1-32(2,3)22-14-20(15-23(17-22)33(4,5)6)29-16-21-19-34-27(18-30(21)35-29)26-12-9-11-25-24-10-7-8-13-28(24)36-31(25)26/h7-19H,1-6H3. The van der Waals surface area contributed by atoms with Crippen LogP contribution in [0.4, 0.5) is 0 Å². The van der Waals surface area contributed by atoms with Crippen molar-refractivity contribution < 1.29 is 8.83 Å². The molecule has 3 heteroatoms. The van der Waals surface area contributed by atoms with Crippen LogP contribution in [0.3, 0.4) is 0 Å². The first kappa shape index (κ1) is 22.6. The molecule has 0 saturated heterocycles. The van der Waals surface area contributed by atoms with E-state index in [0.717, 1.165) is 55.5 Å². The van der Waals surface area contributed by atoms with Gasteiger partial charge in [-0.25, -0.2) is 0 Å². The van der Waals surface area contributed by atoms with E-state index in [2.05, 4.69) is 90.1 Å². The van der Waals surface area contributed by atoms with Gasteiger partial charge in [0.15, 0.2) is 0 Å². The van der Waals surface area contributed by atoms with Gasteiger partial charge in [-0.15, -0.1) is 0 Å². The van der Waals surface area contributed by atoms with Gasteiger partial charge in [0.1, 0.15) is 22.5 Å². The maximum Gasteiger partial charge on any atom is 0.144 e.